The number of amides is 1. The van der Waals surface area contributed by atoms with Crippen LogP contribution < -0.4 is 0 Å². The highest BCUT2D eigenvalue weighted by Gasteiger charge is 2.51. The van der Waals surface area contributed by atoms with Crippen LogP contribution >= 0.6 is 0 Å². The zero-order valence-electron chi connectivity index (χ0n) is 14.0. The van der Waals surface area contributed by atoms with Crippen LogP contribution in [0.3, 0.4) is 0 Å². The predicted octanol–water partition coefficient (Wildman–Crippen LogP) is 3.74. The lowest BCUT2D eigenvalue weighted by Gasteiger charge is -2.42. The third kappa shape index (κ3) is 2.53. The number of ether oxygens (including phenoxy) is 1. The third-order valence-electron chi connectivity index (χ3n) is 5.45. The number of carbonyl (C=O) groups excluding carboxylic acids is 1. The highest BCUT2D eigenvalue weighted by Crippen LogP contribution is 2.43. The van der Waals surface area contributed by atoms with Crippen molar-refractivity contribution in [2.45, 2.75) is 38.0 Å². The Morgan fingerprint density at radius 1 is 1.04 bits per heavy atom. The molecule has 2 saturated heterocycles. The Bertz CT molecular complexity index is 715. The lowest BCUT2D eigenvalue weighted by molar-refractivity contribution is -0.158. The second kappa shape index (κ2) is 6.06. The van der Waals surface area contributed by atoms with E-state index in [1.54, 1.807) is 0 Å². The fraction of sp³-hybridized carbons (Fsp3) is 0.381. The van der Waals surface area contributed by atoms with Gasteiger partial charge in [-0.3, -0.25) is 4.79 Å². The maximum atomic E-state index is 13.2. The molecule has 0 unspecified atom stereocenters. The van der Waals surface area contributed by atoms with Crippen LogP contribution in [0.5, 0.6) is 0 Å². The summed E-state index contributed by atoms with van der Waals surface area (Å²) in [5.74, 6) is 0.285. The average molecular weight is 321 g/mol. The molecule has 2 aliphatic rings. The molecule has 3 nitrogen and oxygen atoms in total. The van der Waals surface area contributed by atoms with Crippen LogP contribution in [-0.4, -0.2) is 23.5 Å². The minimum absolute atomic E-state index is 0.0494. The summed E-state index contributed by atoms with van der Waals surface area (Å²) in [7, 11) is 0. The maximum absolute atomic E-state index is 13.2. The van der Waals surface area contributed by atoms with Gasteiger partial charge in [0.05, 0.1) is 12.6 Å². The molecule has 4 rings (SSSR count). The molecule has 2 aromatic rings. The van der Waals surface area contributed by atoms with Gasteiger partial charge in [-0.05, 0) is 31.7 Å². The Labute approximate surface area is 143 Å². The highest BCUT2D eigenvalue weighted by molar-refractivity contribution is 5.81. The minimum Gasteiger partial charge on any atom is -0.349 e. The van der Waals surface area contributed by atoms with E-state index < -0.39 is 5.72 Å². The summed E-state index contributed by atoms with van der Waals surface area (Å²) >= 11 is 0. The number of hydrogen-bond acceptors (Lipinski definition) is 2. The van der Waals surface area contributed by atoms with E-state index in [2.05, 4.69) is 24.3 Å². The first kappa shape index (κ1) is 15.4. The Hall–Kier alpha value is -2.13. The van der Waals surface area contributed by atoms with Gasteiger partial charge in [0.25, 0.3) is 0 Å². The van der Waals surface area contributed by atoms with Crippen molar-refractivity contribution in [1.82, 2.24) is 4.90 Å². The summed E-state index contributed by atoms with van der Waals surface area (Å²) in [6, 6.07) is 20.6. The molecule has 2 aliphatic heterocycles. The Morgan fingerprint density at radius 2 is 1.71 bits per heavy atom. The zero-order chi connectivity index (χ0) is 16.6. The van der Waals surface area contributed by atoms with Crippen LogP contribution in [0.4, 0.5) is 0 Å². The van der Waals surface area contributed by atoms with E-state index in [1.807, 2.05) is 48.2 Å². The van der Waals surface area contributed by atoms with Crippen LogP contribution in [0.15, 0.2) is 60.7 Å². The number of benzene rings is 2. The molecule has 0 spiro atoms. The monoisotopic (exact) mass is 321 g/mol. The summed E-state index contributed by atoms with van der Waals surface area (Å²) in [4.78, 5) is 15.3. The Morgan fingerprint density at radius 3 is 2.42 bits per heavy atom. The number of fused-ring (bicyclic) bond motifs is 1. The van der Waals surface area contributed by atoms with Crippen LogP contribution in [0.25, 0.3) is 0 Å². The van der Waals surface area contributed by atoms with Gasteiger partial charge in [0.2, 0.25) is 5.91 Å². The summed E-state index contributed by atoms with van der Waals surface area (Å²) in [6.07, 6.45) is 2.78. The van der Waals surface area contributed by atoms with Gasteiger partial charge in [0, 0.05) is 11.5 Å². The SMILES string of the molecule is C[C@]1(c2ccccc2)OC[C@@H]2CC[C@@H](Cc3ccccc3)C(=O)N21. The fourth-order valence-electron chi connectivity index (χ4n) is 4.13. The number of piperidine rings is 1. The molecule has 3 heteroatoms. The molecule has 0 aliphatic carbocycles. The molecule has 0 saturated carbocycles. The van der Waals surface area contributed by atoms with Crippen molar-refractivity contribution in [3.05, 3.63) is 71.8 Å². The van der Waals surface area contributed by atoms with Crippen molar-refractivity contribution in [3.63, 3.8) is 0 Å². The van der Waals surface area contributed by atoms with E-state index in [-0.39, 0.29) is 17.9 Å². The minimum atomic E-state index is -0.641. The lowest BCUT2D eigenvalue weighted by atomic mass is 9.86. The van der Waals surface area contributed by atoms with E-state index in [1.165, 1.54) is 5.56 Å². The molecule has 0 bridgehead atoms. The first-order chi connectivity index (χ1) is 11.7. The topological polar surface area (TPSA) is 29.5 Å². The van der Waals surface area contributed by atoms with Crippen molar-refractivity contribution < 1.29 is 9.53 Å². The third-order valence-corrected chi connectivity index (χ3v) is 5.45. The summed E-state index contributed by atoms with van der Waals surface area (Å²) < 4.78 is 6.15. The van der Waals surface area contributed by atoms with E-state index in [9.17, 15) is 4.79 Å². The summed E-state index contributed by atoms with van der Waals surface area (Å²) in [6.45, 7) is 2.67. The molecule has 2 fully saturated rings. The van der Waals surface area contributed by atoms with Gasteiger partial charge in [0.1, 0.15) is 0 Å². The van der Waals surface area contributed by atoms with Crippen LogP contribution in [0, 0.1) is 5.92 Å². The summed E-state index contributed by atoms with van der Waals surface area (Å²) in [5, 5.41) is 0. The van der Waals surface area contributed by atoms with Gasteiger partial charge in [-0.25, -0.2) is 0 Å². The molecule has 124 valence electrons. The largest absolute Gasteiger partial charge is 0.349 e. The zero-order valence-corrected chi connectivity index (χ0v) is 14.0. The van der Waals surface area contributed by atoms with Crippen molar-refractivity contribution >= 4 is 5.91 Å². The normalized spacial score (nSPS) is 29.5. The Kier molecular flexibility index (Phi) is 3.89. The van der Waals surface area contributed by atoms with Crippen molar-refractivity contribution in [1.29, 1.82) is 0 Å². The number of rotatable bonds is 3. The molecule has 0 aromatic heterocycles. The van der Waals surface area contributed by atoms with Gasteiger partial charge in [0.15, 0.2) is 5.72 Å². The van der Waals surface area contributed by atoms with E-state index in [0.29, 0.717) is 6.61 Å². The number of nitrogens with zero attached hydrogens (tertiary/aromatic N) is 1. The first-order valence-corrected chi connectivity index (χ1v) is 8.75. The standard InChI is InChI=1S/C21H23NO2/c1-21(18-10-6-3-7-11-18)22-19(15-24-21)13-12-17(20(22)23)14-16-8-4-2-5-9-16/h2-11,17,19H,12-15H2,1H3/t17-,19-,21+/m0/s1. The van der Waals surface area contributed by atoms with Gasteiger partial charge in [-0.2, -0.15) is 0 Å². The van der Waals surface area contributed by atoms with E-state index in [0.717, 1.165) is 24.8 Å². The maximum Gasteiger partial charge on any atom is 0.228 e. The van der Waals surface area contributed by atoms with Crippen molar-refractivity contribution in [3.8, 4) is 0 Å². The highest BCUT2D eigenvalue weighted by atomic mass is 16.5. The molecule has 3 atom stereocenters. The van der Waals surface area contributed by atoms with E-state index in [4.69, 9.17) is 4.74 Å². The van der Waals surface area contributed by atoms with E-state index >= 15 is 0 Å². The van der Waals surface area contributed by atoms with Crippen molar-refractivity contribution in [2.75, 3.05) is 6.61 Å². The quantitative estimate of drug-likeness (QED) is 0.862. The van der Waals surface area contributed by atoms with Gasteiger partial charge < -0.3 is 9.64 Å². The Balaban J connectivity index is 1.61. The summed E-state index contributed by atoms with van der Waals surface area (Å²) in [5.41, 5.74) is 1.65. The van der Waals surface area contributed by atoms with Gasteiger partial charge in [-0.1, -0.05) is 60.7 Å². The van der Waals surface area contributed by atoms with Crippen LogP contribution in [0.2, 0.25) is 0 Å². The van der Waals surface area contributed by atoms with Gasteiger partial charge in [-0.15, -0.1) is 0 Å². The second-order valence-electron chi connectivity index (χ2n) is 6.99. The molecule has 0 radical (unpaired) electrons. The molecule has 2 aromatic carbocycles. The molecule has 24 heavy (non-hydrogen) atoms. The molecule has 1 amide bonds. The number of hydrogen-bond donors (Lipinski definition) is 0. The smallest absolute Gasteiger partial charge is 0.228 e. The van der Waals surface area contributed by atoms with Gasteiger partial charge >= 0.3 is 0 Å². The predicted molar refractivity (Wildman–Crippen MR) is 93.3 cm³/mol. The van der Waals surface area contributed by atoms with Crippen LogP contribution in [0.1, 0.15) is 30.9 Å². The molecular weight excluding hydrogens is 298 g/mol. The average Bonchev–Trinajstić information content (AvgIpc) is 2.98. The molecule has 0 N–H and O–H groups in total. The van der Waals surface area contributed by atoms with Crippen molar-refractivity contribution in [2.24, 2.45) is 5.92 Å². The first-order valence-electron chi connectivity index (χ1n) is 8.75. The molecule has 2 heterocycles. The lowest BCUT2D eigenvalue weighted by Crippen LogP contribution is -2.53. The fourth-order valence-corrected chi connectivity index (χ4v) is 4.13. The van der Waals surface area contributed by atoms with Crippen LogP contribution in [-0.2, 0) is 21.7 Å². The molecular formula is C21H23NO2. The number of carbonyl (C=O) groups is 1. The second-order valence-corrected chi connectivity index (χ2v) is 6.99.